The van der Waals surface area contributed by atoms with Crippen molar-refractivity contribution in [2.24, 2.45) is 17.4 Å². The highest BCUT2D eigenvalue weighted by Crippen LogP contribution is 2.08. The third kappa shape index (κ3) is 10.5. The number of hydrogen-bond donors (Lipinski definition) is 8. The van der Waals surface area contributed by atoms with Crippen LogP contribution in [0.1, 0.15) is 45.7 Å². The Bertz CT molecular complexity index is 873. The molecule has 35 heavy (non-hydrogen) atoms. The Balaban J connectivity index is 2.90. The number of aromatic nitrogens is 2. The monoisotopic (exact) mass is 497 g/mol. The number of rotatable bonds is 15. The highest BCUT2D eigenvalue weighted by atomic mass is 16.4. The number of aromatic amines is 1. The molecule has 1 heterocycles. The van der Waals surface area contributed by atoms with Crippen LogP contribution in [0.4, 0.5) is 0 Å². The molecule has 14 heteroatoms. The van der Waals surface area contributed by atoms with Crippen LogP contribution in [0.25, 0.3) is 0 Å². The molecule has 1 rings (SSSR count). The van der Waals surface area contributed by atoms with Crippen molar-refractivity contribution >= 4 is 29.6 Å². The number of H-pyrrole nitrogens is 1. The number of carboxylic acid groups (broad SMARTS) is 1. The summed E-state index contributed by atoms with van der Waals surface area (Å²) in [7, 11) is 0. The molecule has 0 aromatic carbocycles. The Kier molecular flexibility index (Phi) is 11.8. The quantitative estimate of drug-likeness (QED) is 0.128. The van der Waals surface area contributed by atoms with E-state index in [0.29, 0.717) is 5.69 Å². The fraction of sp³-hybridized carbons (Fsp3) is 0.619. The molecule has 14 nitrogen and oxygen atoms in total. The molecule has 0 aliphatic heterocycles. The van der Waals surface area contributed by atoms with Crippen LogP contribution < -0.4 is 27.4 Å². The Morgan fingerprint density at radius 1 is 1.03 bits per heavy atom. The lowest BCUT2D eigenvalue weighted by Crippen LogP contribution is -2.60. The number of nitrogens with zero attached hydrogens (tertiary/aromatic N) is 1. The first kappa shape index (κ1) is 29.5. The van der Waals surface area contributed by atoms with Gasteiger partial charge in [0.15, 0.2) is 0 Å². The number of imidazole rings is 1. The first-order valence-electron chi connectivity index (χ1n) is 11.1. The third-order valence-corrected chi connectivity index (χ3v) is 5.03. The van der Waals surface area contributed by atoms with Crippen LogP contribution in [0.15, 0.2) is 12.5 Å². The number of carbonyl (C=O) groups is 5. The number of carboxylic acids is 1. The van der Waals surface area contributed by atoms with E-state index in [1.54, 1.807) is 13.8 Å². The maximum Gasteiger partial charge on any atom is 0.326 e. The highest BCUT2D eigenvalue weighted by molar-refractivity contribution is 5.94. The molecular formula is C21H35N7O7. The van der Waals surface area contributed by atoms with Gasteiger partial charge in [0.05, 0.1) is 18.5 Å². The molecule has 0 spiro atoms. The van der Waals surface area contributed by atoms with Crippen molar-refractivity contribution in [1.29, 1.82) is 0 Å². The van der Waals surface area contributed by atoms with E-state index in [2.05, 4.69) is 25.9 Å². The zero-order valence-corrected chi connectivity index (χ0v) is 20.0. The fourth-order valence-electron chi connectivity index (χ4n) is 3.17. The number of aliphatic hydroxyl groups is 1. The first-order valence-corrected chi connectivity index (χ1v) is 11.1. The summed E-state index contributed by atoms with van der Waals surface area (Å²) in [5.41, 5.74) is 11.5. The van der Waals surface area contributed by atoms with Gasteiger partial charge in [-0.1, -0.05) is 13.8 Å². The SMILES string of the molecule is CC(C)CC(NC(=O)C(NC(=O)C(N)Cc1cnc[nH]1)C(C)O)C(=O)NC(CCC(N)=O)C(=O)O. The van der Waals surface area contributed by atoms with Crippen molar-refractivity contribution in [3.8, 4) is 0 Å². The predicted molar refractivity (Wildman–Crippen MR) is 123 cm³/mol. The number of primary amides is 1. The average Bonchev–Trinajstić information content (AvgIpc) is 3.25. The van der Waals surface area contributed by atoms with Crippen LogP contribution in [0.3, 0.4) is 0 Å². The molecule has 4 amide bonds. The minimum atomic E-state index is -1.43. The van der Waals surface area contributed by atoms with E-state index >= 15 is 0 Å². The standard InChI is InChI=1S/C21H35N7O7/c1-10(2)6-15(19(32)26-14(21(34)35)4-5-16(23)30)27-20(33)17(11(3)29)28-18(31)13(22)7-12-8-24-9-25-12/h8-11,13-15,17,29H,4-7,22H2,1-3H3,(H2,23,30)(H,24,25)(H,26,32)(H,27,33)(H,28,31)(H,34,35). The fourth-order valence-corrected chi connectivity index (χ4v) is 3.17. The van der Waals surface area contributed by atoms with Crippen molar-refractivity contribution in [2.45, 2.75) is 76.7 Å². The molecule has 0 saturated heterocycles. The zero-order chi connectivity index (χ0) is 26.7. The maximum atomic E-state index is 12.9. The summed E-state index contributed by atoms with van der Waals surface area (Å²) in [6.45, 7) is 4.86. The van der Waals surface area contributed by atoms with Gasteiger partial charge in [0.25, 0.3) is 0 Å². The number of carbonyl (C=O) groups excluding carboxylic acids is 4. The van der Waals surface area contributed by atoms with Crippen LogP contribution in [0, 0.1) is 5.92 Å². The zero-order valence-electron chi connectivity index (χ0n) is 20.0. The van der Waals surface area contributed by atoms with Crippen molar-refractivity contribution in [3.05, 3.63) is 18.2 Å². The molecule has 0 aliphatic carbocycles. The molecule has 1 aromatic rings. The van der Waals surface area contributed by atoms with Crippen molar-refractivity contribution < 1.29 is 34.2 Å². The van der Waals surface area contributed by atoms with Gasteiger partial charge in [-0.15, -0.1) is 0 Å². The van der Waals surface area contributed by atoms with Gasteiger partial charge >= 0.3 is 5.97 Å². The third-order valence-electron chi connectivity index (χ3n) is 5.03. The van der Waals surface area contributed by atoms with E-state index < -0.39 is 59.9 Å². The largest absolute Gasteiger partial charge is 0.480 e. The maximum absolute atomic E-state index is 12.9. The summed E-state index contributed by atoms with van der Waals surface area (Å²) in [4.78, 5) is 67.3. The molecule has 5 atom stereocenters. The van der Waals surface area contributed by atoms with Gasteiger partial charge in [-0.05, 0) is 25.7 Å². The van der Waals surface area contributed by atoms with Gasteiger partial charge in [0.2, 0.25) is 23.6 Å². The number of aliphatic hydroxyl groups excluding tert-OH is 1. The summed E-state index contributed by atoms with van der Waals surface area (Å²) in [6, 6.07) is -5.03. The molecule has 0 fully saturated rings. The summed E-state index contributed by atoms with van der Waals surface area (Å²) in [5.74, 6) is -4.53. The Morgan fingerprint density at radius 3 is 2.14 bits per heavy atom. The van der Waals surface area contributed by atoms with Crippen molar-refractivity contribution in [2.75, 3.05) is 0 Å². The lowest BCUT2D eigenvalue weighted by molar-refractivity contribution is -0.142. The molecule has 0 bridgehead atoms. The minimum Gasteiger partial charge on any atom is -0.480 e. The summed E-state index contributed by atoms with van der Waals surface area (Å²) < 4.78 is 0. The van der Waals surface area contributed by atoms with E-state index in [-0.39, 0.29) is 31.6 Å². The van der Waals surface area contributed by atoms with Gasteiger partial charge < -0.3 is 42.6 Å². The lowest BCUT2D eigenvalue weighted by atomic mass is 10.0. The molecule has 5 unspecified atom stereocenters. The average molecular weight is 498 g/mol. The second-order valence-electron chi connectivity index (χ2n) is 8.71. The van der Waals surface area contributed by atoms with Crippen molar-refractivity contribution in [3.63, 3.8) is 0 Å². The number of amides is 4. The van der Waals surface area contributed by atoms with Crippen LogP contribution in [-0.2, 0) is 30.4 Å². The topological polar surface area (TPSA) is 243 Å². The van der Waals surface area contributed by atoms with Gasteiger partial charge in [-0.3, -0.25) is 19.2 Å². The van der Waals surface area contributed by atoms with Crippen LogP contribution in [0.5, 0.6) is 0 Å². The van der Waals surface area contributed by atoms with E-state index in [1.165, 1.54) is 19.4 Å². The van der Waals surface area contributed by atoms with Gasteiger partial charge in [0.1, 0.15) is 18.1 Å². The van der Waals surface area contributed by atoms with Crippen molar-refractivity contribution in [1.82, 2.24) is 25.9 Å². The molecule has 0 radical (unpaired) electrons. The molecule has 0 saturated carbocycles. The van der Waals surface area contributed by atoms with Gasteiger partial charge in [-0.2, -0.15) is 0 Å². The van der Waals surface area contributed by atoms with E-state index in [9.17, 15) is 34.2 Å². The number of hydrogen-bond acceptors (Lipinski definition) is 8. The van der Waals surface area contributed by atoms with Gasteiger partial charge in [0, 0.05) is 24.7 Å². The summed E-state index contributed by atoms with van der Waals surface area (Å²) in [5, 5.41) is 26.6. The number of nitrogens with one attached hydrogen (secondary N) is 4. The molecule has 1 aromatic heterocycles. The van der Waals surface area contributed by atoms with E-state index in [4.69, 9.17) is 11.5 Å². The van der Waals surface area contributed by atoms with E-state index in [0.717, 1.165) is 0 Å². The first-order chi connectivity index (χ1) is 16.3. The normalized spacial score (nSPS) is 15.4. The number of nitrogens with two attached hydrogens (primary N) is 2. The van der Waals surface area contributed by atoms with Crippen LogP contribution in [0.2, 0.25) is 0 Å². The summed E-state index contributed by atoms with van der Waals surface area (Å²) >= 11 is 0. The second-order valence-corrected chi connectivity index (χ2v) is 8.71. The van der Waals surface area contributed by atoms with E-state index in [1.807, 2.05) is 0 Å². The smallest absolute Gasteiger partial charge is 0.326 e. The number of aliphatic carboxylic acids is 1. The minimum absolute atomic E-state index is 0.0811. The van der Waals surface area contributed by atoms with Gasteiger partial charge in [-0.25, -0.2) is 9.78 Å². The highest BCUT2D eigenvalue weighted by Gasteiger charge is 2.32. The molecule has 10 N–H and O–H groups in total. The summed E-state index contributed by atoms with van der Waals surface area (Å²) in [6.07, 6.45) is 1.36. The Hall–Kier alpha value is -3.52. The second kappa shape index (κ2) is 14.0. The molecule has 196 valence electrons. The molecule has 0 aliphatic rings. The lowest BCUT2D eigenvalue weighted by Gasteiger charge is -2.27. The Morgan fingerprint density at radius 2 is 1.66 bits per heavy atom. The Labute approximate surface area is 202 Å². The van der Waals surface area contributed by atoms with Crippen LogP contribution >= 0.6 is 0 Å². The van der Waals surface area contributed by atoms with Crippen LogP contribution in [-0.4, -0.2) is 80.1 Å². The molecular weight excluding hydrogens is 462 g/mol. The predicted octanol–water partition coefficient (Wildman–Crippen LogP) is -2.49.